The lowest BCUT2D eigenvalue weighted by atomic mass is 10.2. The van der Waals surface area contributed by atoms with Gasteiger partial charge in [-0.2, -0.15) is 0 Å². The number of carbonyl (C=O) groups is 1. The zero-order chi connectivity index (χ0) is 20.1. The smallest absolute Gasteiger partial charge is 0.276 e. The molecular formula is C20H21FN6OS. The summed E-state index contributed by atoms with van der Waals surface area (Å²) in [6, 6.07) is 7.73. The van der Waals surface area contributed by atoms with Gasteiger partial charge in [-0.3, -0.25) is 4.79 Å². The van der Waals surface area contributed by atoms with Crippen molar-refractivity contribution in [1.82, 2.24) is 29.9 Å². The second-order valence-corrected chi connectivity index (χ2v) is 7.74. The summed E-state index contributed by atoms with van der Waals surface area (Å²) in [4.78, 5) is 23.5. The summed E-state index contributed by atoms with van der Waals surface area (Å²) >= 11 is 1.40. The minimum atomic E-state index is -0.330. The maximum Gasteiger partial charge on any atom is 0.276 e. The maximum atomic E-state index is 13.4. The lowest BCUT2D eigenvalue weighted by Crippen LogP contribution is -2.32. The SMILES string of the molecule is O=C(c1nnn(-c2ccc(F)cc2)c1CSc1ncccn1)N1CCCCCC1. The molecule has 1 aliphatic rings. The van der Waals surface area contributed by atoms with E-state index in [0.29, 0.717) is 28.0 Å². The number of hydrogen-bond acceptors (Lipinski definition) is 6. The van der Waals surface area contributed by atoms with Gasteiger partial charge in [0.15, 0.2) is 10.9 Å². The first kappa shape index (κ1) is 19.5. The minimum absolute atomic E-state index is 0.107. The molecule has 0 atom stereocenters. The van der Waals surface area contributed by atoms with Crippen molar-refractivity contribution in [2.45, 2.75) is 36.6 Å². The fraction of sp³-hybridized carbons (Fsp3) is 0.350. The van der Waals surface area contributed by atoms with Crippen LogP contribution in [0.2, 0.25) is 0 Å². The van der Waals surface area contributed by atoms with Gasteiger partial charge in [0.2, 0.25) is 0 Å². The number of halogens is 1. The Kier molecular flexibility index (Phi) is 6.14. The Morgan fingerprint density at radius 2 is 1.72 bits per heavy atom. The molecule has 1 aliphatic heterocycles. The molecule has 4 rings (SSSR count). The highest BCUT2D eigenvalue weighted by Gasteiger charge is 2.26. The summed E-state index contributed by atoms with van der Waals surface area (Å²) in [6.45, 7) is 1.47. The number of aromatic nitrogens is 5. The van der Waals surface area contributed by atoms with E-state index in [0.717, 1.165) is 38.8 Å². The Morgan fingerprint density at radius 1 is 1.03 bits per heavy atom. The summed E-state index contributed by atoms with van der Waals surface area (Å²) in [7, 11) is 0. The highest BCUT2D eigenvalue weighted by Crippen LogP contribution is 2.24. The van der Waals surface area contributed by atoms with Crippen molar-refractivity contribution in [2.24, 2.45) is 0 Å². The van der Waals surface area contributed by atoms with E-state index in [1.807, 2.05) is 4.90 Å². The molecule has 0 spiro atoms. The average molecular weight is 412 g/mol. The lowest BCUT2D eigenvalue weighted by Gasteiger charge is -2.19. The van der Waals surface area contributed by atoms with Crippen molar-refractivity contribution in [2.75, 3.05) is 13.1 Å². The number of thioether (sulfide) groups is 1. The van der Waals surface area contributed by atoms with Crippen molar-refractivity contribution in [1.29, 1.82) is 0 Å². The Hall–Kier alpha value is -2.81. The van der Waals surface area contributed by atoms with Crippen LogP contribution in [-0.4, -0.2) is 48.9 Å². The van der Waals surface area contributed by atoms with Gasteiger partial charge in [0, 0.05) is 31.2 Å². The van der Waals surface area contributed by atoms with E-state index in [4.69, 9.17) is 0 Å². The molecule has 2 aromatic heterocycles. The van der Waals surface area contributed by atoms with Crippen molar-refractivity contribution in [3.63, 3.8) is 0 Å². The molecule has 1 amide bonds. The fourth-order valence-electron chi connectivity index (χ4n) is 3.30. The van der Waals surface area contributed by atoms with Crippen LogP contribution in [0.1, 0.15) is 41.9 Å². The average Bonchev–Trinajstić information content (AvgIpc) is 2.98. The van der Waals surface area contributed by atoms with Gasteiger partial charge in [0.05, 0.1) is 11.4 Å². The first-order valence-electron chi connectivity index (χ1n) is 9.62. The fourth-order valence-corrected chi connectivity index (χ4v) is 4.10. The van der Waals surface area contributed by atoms with E-state index < -0.39 is 0 Å². The second kappa shape index (κ2) is 9.13. The third-order valence-corrected chi connectivity index (χ3v) is 5.70. The van der Waals surface area contributed by atoms with Crippen LogP contribution in [0.5, 0.6) is 0 Å². The highest BCUT2D eigenvalue weighted by molar-refractivity contribution is 7.98. The van der Waals surface area contributed by atoms with Crippen LogP contribution < -0.4 is 0 Å². The Bertz CT molecular complexity index is 955. The van der Waals surface area contributed by atoms with E-state index in [9.17, 15) is 9.18 Å². The monoisotopic (exact) mass is 412 g/mol. The van der Waals surface area contributed by atoms with Crippen LogP contribution >= 0.6 is 11.8 Å². The van der Waals surface area contributed by atoms with E-state index in [2.05, 4.69) is 20.3 Å². The summed E-state index contributed by atoms with van der Waals surface area (Å²) in [5, 5.41) is 9.02. The van der Waals surface area contributed by atoms with E-state index in [-0.39, 0.29) is 11.7 Å². The Morgan fingerprint density at radius 3 is 2.41 bits per heavy atom. The molecule has 0 N–H and O–H groups in total. The number of likely N-dealkylation sites (tertiary alicyclic amines) is 1. The van der Waals surface area contributed by atoms with Gasteiger partial charge < -0.3 is 4.90 Å². The van der Waals surface area contributed by atoms with Crippen molar-refractivity contribution < 1.29 is 9.18 Å². The molecule has 1 saturated heterocycles. The molecule has 0 aliphatic carbocycles. The summed E-state index contributed by atoms with van der Waals surface area (Å²) in [6.07, 6.45) is 7.63. The number of benzene rings is 1. The molecule has 150 valence electrons. The van der Waals surface area contributed by atoms with Gasteiger partial charge in [-0.1, -0.05) is 29.8 Å². The number of rotatable bonds is 5. The molecule has 1 aromatic carbocycles. The molecule has 29 heavy (non-hydrogen) atoms. The topological polar surface area (TPSA) is 76.8 Å². The molecule has 0 bridgehead atoms. The van der Waals surface area contributed by atoms with Crippen molar-refractivity contribution >= 4 is 17.7 Å². The van der Waals surface area contributed by atoms with Gasteiger partial charge in [0.1, 0.15) is 5.82 Å². The summed E-state index contributed by atoms with van der Waals surface area (Å²) in [5.74, 6) is -0.0169. The van der Waals surface area contributed by atoms with Crippen molar-refractivity contribution in [3.8, 4) is 5.69 Å². The zero-order valence-electron chi connectivity index (χ0n) is 15.9. The molecule has 0 unspecified atom stereocenters. The molecule has 3 heterocycles. The van der Waals surface area contributed by atoms with Crippen LogP contribution in [0, 0.1) is 5.82 Å². The second-order valence-electron chi connectivity index (χ2n) is 6.80. The van der Waals surface area contributed by atoms with Crippen LogP contribution in [0.4, 0.5) is 4.39 Å². The third kappa shape index (κ3) is 4.61. The molecular weight excluding hydrogens is 391 g/mol. The lowest BCUT2D eigenvalue weighted by molar-refractivity contribution is 0.0755. The molecule has 0 radical (unpaired) electrons. The molecule has 0 saturated carbocycles. The van der Waals surface area contributed by atoms with Crippen molar-refractivity contribution in [3.05, 3.63) is 59.9 Å². The Balaban J connectivity index is 1.66. The maximum absolute atomic E-state index is 13.4. The minimum Gasteiger partial charge on any atom is -0.337 e. The molecule has 3 aromatic rings. The Labute approximate surface area is 172 Å². The number of hydrogen-bond donors (Lipinski definition) is 0. The van der Waals surface area contributed by atoms with E-state index in [1.54, 1.807) is 35.3 Å². The summed E-state index contributed by atoms with van der Waals surface area (Å²) < 4.78 is 15.0. The predicted molar refractivity (Wildman–Crippen MR) is 107 cm³/mol. The normalized spacial score (nSPS) is 14.6. The van der Waals surface area contributed by atoms with Crippen LogP contribution in [0.3, 0.4) is 0 Å². The largest absolute Gasteiger partial charge is 0.337 e. The van der Waals surface area contributed by atoms with Gasteiger partial charge in [-0.05, 0) is 43.2 Å². The van der Waals surface area contributed by atoms with E-state index in [1.165, 1.54) is 23.9 Å². The molecule has 1 fully saturated rings. The van der Waals surface area contributed by atoms with Gasteiger partial charge >= 0.3 is 0 Å². The van der Waals surface area contributed by atoms with Crippen LogP contribution in [0.25, 0.3) is 5.69 Å². The first-order valence-corrected chi connectivity index (χ1v) is 10.6. The third-order valence-electron chi connectivity index (χ3n) is 4.81. The van der Waals surface area contributed by atoms with Crippen LogP contribution in [-0.2, 0) is 5.75 Å². The van der Waals surface area contributed by atoms with Gasteiger partial charge in [0.25, 0.3) is 5.91 Å². The standard InChI is InChI=1S/C20H21FN6OS/c21-15-6-8-16(9-7-15)27-17(14-29-20-22-10-5-11-23-20)18(24-25-27)19(28)26-12-3-1-2-4-13-26/h5-11H,1-4,12-14H2. The number of carbonyl (C=O) groups excluding carboxylic acids is 1. The molecule has 7 nitrogen and oxygen atoms in total. The van der Waals surface area contributed by atoms with Gasteiger partial charge in [-0.25, -0.2) is 19.0 Å². The first-order chi connectivity index (χ1) is 14.2. The molecule has 9 heteroatoms. The van der Waals surface area contributed by atoms with Crippen LogP contribution in [0.15, 0.2) is 47.9 Å². The number of nitrogens with zero attached hydrogens (tertiary/aromatic N) is 6. The summed E-state index contributed by atoms with van der Waals surface area (Å²) in [5.41, 5.74) is 1.64. The number of amides is 1. The highest BCUT2D eigenvalue weighted by atomic mass is 32.2. The predicted octanol–water partition coefficient (Wildman–Crippen LogP) is 3.50. The van der Waals surface area contributed by atoms with Gasteiger partial charge in [-0.15, -0.1) is 5.10 Å². The van der Waals surface area contributed by atoms with E-state index >= 15 is 0 Å². The zero-order valence-corrected chi connectivity index (χ0v) is 16.7. The quantitative estimate of drug-likeness (QED) is 0.472.